The van der Waals surface area contributed by atoms with Crippen molar-refractivity contribution in [1.29, 1.82) is 0 Å². The first-order valence-electron chi connectivity index (χ1n) is 3.88. The zero-order chi connectivity index (χ0) is 8.27. The maximum Gasteiger partial charge on any atom is 0.220 e. The summed E-state index contributed by atoms with van der Waals surface area (Å²) in [5.74, 6) is 0.390. The summed E-state index contributed by atoms with van der Waals surface area (Å²) in [6, 6.07) is 2.00. The summed E-state index contributed by atoms with van der Waals surface area (Å²) in [5, 5.41) is 0. The summed E-state index contributed by atoms with van der Waals surface area (Å²) in [7, 11) is 0. The van der Waals surface area contributed by atoms with Gasteiger partial charge in [-0.3, -0.25) is 0 Å². The molecule has 60 valence electrons. The van der Waals surface area contributed by atoms with Crippen molar-refractivity contribution in [3.63, 3.8) is 0 Å². The number of aromatic nitrogens is 2. The minimum Gasteiger partial charge on any atom is -0.368 e. The Kier molecular flexibility index (Phi) is 2.41. The van der Waals surface area contributed by atoms with E-state index in [4.69, 9.17) is 5.73 Å². The largest absolute Gasteiger partial charge is 0.368 e. The summed E-state index contributed by atoms with van der Waals surface area (Å²) in [6.45, 7) is 4.11. The normalized spacial score (nSPS) is 10.0. The second-order valence-corrected chi connectivity index (χ2v) is 2.42. The van der Waals surface area contributed by atoms with Crippen LogP contribution >= 0.6 is 0 Å². The fraction of sp³-hybridized carbons (Fsp3) is 0.500. The van der Waals surface area contributed by atoms with E-state index in [1.807, 2.05) is 6.07 Å². The van der Waals surface area contributed by atoms with Crippen LogP contribution in [0.5, 0.6) is 0 Å². The Morgan fingerprint density at radius 2 is 1.64 bits per heavy atom. The van der Waals surface area contributed by atoms with Crippen LogP contribution in [-0.4, -0.2) is 9.97 Å². The van der Waals surface area contributed by atoms with Gasteiger partial charge in [0.15, 0.2) is 0 Å². The smallest absolute Gasteiger partial charge is 0.220 e. The molecular weight excluding hydrogens is 138 g/mol. The lowest BCUT2D eigenvalue weighted by Gasteiger charge is -2.00. The van der Waals surface area contributed by atoms with Gasteiger partial charge in [-0.05, 0) is 18.9 Å². The number of rotatable bonds is 2. The lowest BCUT2D eigenvalue weighted by Crippen LogP contribution is -2.01. The number of hydrogen-bond acceptors (Lipinski definition) is 3. The van der Waals surface area contributed by atoms with Crippen LogP contribution in [0, 0.1) is 0 Å². The van der Waals surface area contributed by atoms with Gasteiger partial charge in [0.25, 0.3) is 0 Å². The predicted octanol–water partition coefficient (Wildman–Crippen LogP) is 1.18. The molecule has 11 heavy (non-hydrogen) atoms. The Balaban J connectivity index is 3.02. The molecule has 1 heterocycles. The third kappa shape index (κ3) is 1.90. The van der Waals surface area contributed by atoms with Crippen LogP contribution < -0.4 is 5.73 Å². The van der Waals surface area contributed by atoms with Gasteiger partial charge in [-0.25, -0.2) is 9.97 Å². The fourth-order valence-electron chi connectivity index (χ4n) is 0.938. The Morgan fingerprint density at radius 1 is 1.18 bits per heavy atom. The number of anilines is 1. The minimum atomic E-state index is 0.390. The highest BCUT2D eigenvalue weighted by molar-refractivity contribution is 5.22. The van der Waals surface area contributed by atoms with Crippen LogP contribution in [0.1, 0.15) is 25.2 Å². The minimum absolute atomic E-state index is 0.390. The third-order valence-electron chi connectivity index (χ3n) is 1.57. The standard InChI is InChI=1S/C8H13N3/c1-3-6-5-7(4-2)11-8(9)10-6/h5H,3-4H2,1-2H3,(H2,9,10,11). The molecule has 0 fully saturated rings. The van der Waals surface area contributed by atoms with E-state index in [1.54, 1.807) is 0 Å². The molecule has 0 amide bonds. The van der Waals surface area contributed by atoms with Gasteiger partial charge in [0, 0.05) is 11.4 Å². The molecule has 3 heteroatoms. The van der Waals surface area contributed by atoms with Crippen molar-refractivity contribution in [1.82, 2.24) is 9.97 Å². The second-order valence-electron chi connectivity index (χ2n) is 2.42. The molecule has 1 aromatic rings. The molecule has 0 aliphatic rings. The van der Waals surface area contributed by atoms with E-state index in [9.17, 15) is 0 Å². The summed E-state index contributed by atoms with van der Waals surface area (Å²) < 4.78 is 0. The van der Waals surface area contributed by atoms with Crippen molar-refractivity contribution in [2.75, 3.05) is 5.73 Å². The van der Waals surface area contributed by atoms with Gasteiger partial charge in [0.1, 0.15) is 0 Å². The summed E-state index contributed by atoms with van der Waals surface area (Å²) in [5.41, 5.74) is 7.53. The molecule has 1 rings (SSSR count). The van der Waals surface area contributed by atoms with E-state index in [0.29, 0.717) is 5.95 Å². The quantitative estimate of drug-likeness (QED) is 0.690. The van der Waals surface area contributed by atoms with Gasteiger partial charge in [-0.1, -0.05) is 13.8 Å². The molecule has 0 bridgehead atoms. The molecule has 1 aromatic heterocycles. The average molecular weight is 151 g/mol. The van der Waals surface area contributed by atoms with Gasteiger partial charge in [-0.2, -0.15) is 0 Å². The van der Waals surface area contributed by atoms with Crippen LogP contribution in [0.2, 0.25) is 0 Å². The Labute approximate surface area is 66.7 Å². The molecule has 0 atom stereocenters. The van der Waals surface area contributed by atoms with Crippen molar-refractivity contribution >= 4 is 5.95 Å². The predicted molar refractivity (Wildman–Crippen MR) is 45.2 cm³/mol. The zero-order valence-corrected chi connectivity index (χ0v) is 6.96. The molecular formula is C8H13N3. The van der Waals surface area contributed by atoms with Crippen molar-refractivity contribution in [3.05, 3.63) is 17.5 Å². The maximum absolute atomic E-state index is 5.49. The SMILES string of the molecule is CCc1cc(CC)nc(N)n1. The Morgan fingerprint density at radius 3 is 2.00 bits per heavy atom. The molecule has 0 aliphatic carbocycles. The number of nitrogens with two attached hydrogens (primary N) is 1. The summed E-state index contributed by atoms with van der Waals surface area (Å²) in [4.78, 5) is 8.13. The molecule has 0 aliphatic heterocycles. The second kappa shape index (κ2) is 3.32. The van der Waals surface area contributed by atoms with E-state index in [0.717, 1.165) is 24.2 Å². The number of nitrogens with zero attached hydrogens (tertiary/aromatic N) is 2. The molecule has 0 saturated carbocycles. The van der Waals surface area contributed by atoms with Crippen LogP contribution in [0.15, 0.2) is 6.07 Å². The fourth-order valence-corrected chi connectivity index (χ4v) is 0.938. The van der Waals surface area contributed by atoms with E-state index in [2.05, 4.69) is 23.8 Å². The van der Waals surface area contributed by atoms with Crippen LogP contribution in [-0.2, 0) is 12.8 Å². The van der Waals surface area contributed by atoms with Gasteiger partial charge in [-0.15, -0.1) is 0 Å². The Hall–Kier alpha value is -1.12. The maximum atomic E-state index is 5.49. The number of aryl methyl sites for hydroxylation is 2. The topological polar surface area (TPSA) is 51.8 Å². The van der Waals surface area contributed by atoms with Gasteiger partial charge in [0.2, 0.25) is 5.95 Å². The van der Waals surface area contributed by atoms with Crippen molar-refractivity contribution < 1.29 is 0 Å². The van der Waals surface area contributed by atoms with Crippen molar-refractivity contribution in [2.45, 2.75) is 26.7 Å². The number of hydrogen-bond donors (Lipinski definition) is 1. The van der Waals surface area contributed by atoms with Gasteiger partial charge in [0.05, 0.1) is 0 Å². The van der Waals surface area contributed by atoms with E-state index in [-0.39, 0.29) is 0 Å². The first kappa shape index (κ1) is 7.98. The lowest BCUT2D eigenvalue weighted by molar-refractivity contribution is 0.947. The highest BCUT2D eigenvalue weighted by Gasteiger charge is 1.97. The molecule has 0 spiro atoms. The average Bonchev–Trinajstić information content (AvgIpc) is 2.03. The third-order valence-corrected chi connectivity index (χ3v) is 1.57. The zero-order valence-electron chi connectivity index (χ0n) is 6.96. The first-order chi connectivity index (χ1) is 5.26. The van der Waals surface area contributed by atoms with E-state index < -0.39 is 0 Å². The van der Waals surface area contributed by atoms with Crippen molar-refractivity contribution in [2.24, 2.45) is 0 Å². The Bertz CT molecular complexity index is 223. The van der Waals surface area contributed by atoms with Crippen LogP contribution in [0.25, 0.3) is 0 Å². The molecule has 0 aromatic carbocycles. The highest BCUT2D eigenvalue weighted by atomic mass is 15.0. The first-order valence-corrected chi connectivity index (χ1v) is 3.88. The van der Waals surface area contributed by atoms with E-state index >= 15 is 0 Å². The molecule has 0 saturated heterocycles. The highest BCUT2D eigenvalue weighted by Crippen LogP contribution is 2.03. The monoisotopic (exact) mass is 151 g/mol. The molecule has 0 unspecified atom stereocenters. The number of nitrogen functional groups attached to an aromatic ring is 1. The van der Waals surface area contributed by atoms with Gasteiger partial charge >= 0.3 is 0 Å². The summed E-state index contributed by atoms with van der Waals surface area (Å²) >= 11 is 0. The molecule has 3 nitrogen and oxygen atoms in total. The molecule has 0 radical (unpaired) electrons. The lowest BCUT2D eigenvalue weighted by atomic mass is 10.2. The van der Waals surface area contributed by atoms with Crippen LogP contribution in [0.4, 0.5) is 5.95 Å². The summed E-state index contributed by atoms with van der Waals surface area (Å²) in [6.07, 6.45) is 1.83. The molecule has 2 N–H and O–H groups in total. The van der Waals surface area contributed by atoms with E-state index in [1.165, 1.54) is 0 Å². The van der Waals surface area contributed by atoms with Crippen molar-refractivity contribution in [3.8, 4) is 0 Å². The van der Waals surface area contributed by atoms with Crippen LogP contribution in [0.3, 0.4) is 0 Å². The van der Waals surface area contributed by atoms with Gasteiger partial charge < -0.3 is 5.73 Å².